The van der Waals surface area contributed by atoms with Gasteiger partial charge < -0.3 is 5.73 Å². The Morgan fingerprint density at radius 2 is 1.94 bits per heavy atom. The van der Waals surface area contributed by atoms with Crippen LogP contribution in [0.15, 0.2) is 47.1 Å². The van der Waals surface area contributed by atoms with Crippen LogP contribution in [0.4, 0.5) is 5.82 Å². The first-order chi connectivity index (χ1) is 7.75. The van der Waals surface area contributed by atoms with Crippen molar-refractivity contribution in [2.24, 2.45) is 0 Å². The summed E-state index contributed by atoms with van der Waals surface area (Å²) in [6.07, 6.45) is 3.74. The maximum atomic E-state index is 5.64. The molecule has 3 heteroatoms. The quantitative estimate of drug-likeness (QED) is 0.935. The van der Waals surface area contributed by atoms with Crippen LogP contribution < -0.4 is 5.73 Å². The van der Waals surface area contributed by atoms with Gasteiger partial charge >= 0.3 is 0 Å². The second-order valence-electron chi connectivity index (χ2n) is 3.68. The van der Waals surface area contributed by atoms with E-state index >= 15 is 0 Å². The van der Waals surface area contributed by atoms with Crippen molar-refractivity contribution in [2.45, 2.75) is 12.8 Å². The molecule has 0 aliphatic rings. The Kier molecular flexibility index (Phi) is 3.57. The third-order valence-corrected chi connectivity index (χ3v) is 3.26. The lowest BCUT2D eigenvalue weighted by Crippen LogP contribution is -1.95. The van der Waals surface area contributed by atoms with Crippen LogP contribution in [-0.4, -0.2) is 4.98 Å². The number of benzene rings is 1. The van der Waals surface area contributed by atoms with Crippen molar-refractivity contribution in [2.75, 3.05) is 5.73 Å². The number of aromatic nitrogens is 1. The van der Waals surface area contributed by atoms with Gasteiger partial charge in [0.1, 0.15) is 5.82 Å². The fourth-order valence-electron chi connectivity index (χ4n) is 1.63. The number of hydrogen-bond donors (Lipinski definition) is 1. The van der Waals surface area contributed by atoms with Crippen LogP contribution in [0.5, 0.6) is 0 Å². The van der Waals surface area contributed by atoms with Crippen molar-refractivity contribution in [3.63, 3.8) is 0 Å². The molecule has 0 bridgehead atoms. The van der Waals surface area contributed by atoms with Gasteiger partial charge in [-0.2, -0.15) is 0 Å². The molecule has 82 valence electrons. The van der Waals surface area contributed by atoms with Crippen LogP contribution in [-0.2, 0) is 12.8 Å². The van der Waals surface area contributed by atoms with Crippen molar-refractivity contribution in [1.29, 1.82) is 0 Å². The van der Waals surface area contributed by atoms with E-state index in [2.05, 4.69) is 39.1 Å². The van der Waals surface area contributed by atoms with E-state index in [9.17, 15) is 0 Å². The molecule has 1 aromatic carbocycles. The highest BCUT2D eigenvalue weighted by Crippen LogP contribution is 2.18. The molecule has 0 spiro atoms. The van der Waals surface area contributed by atoms with Gasteiger partial charge in [0.05, 0.1) is 0 Å². The standard InChI is InChI=1S/C13H13BrN2/c14-12-4-2-1-3-11(12)6-5-10-7-8-16-13(15)9-10/h1-4,7-9H,5-6H2,(H2,15,16). The lowest BCUT2D eigenvalue weighted by atomic mass is 10.1. The SMILES string of the molecule is Nc1cc(CCc2ccccc2Br)ccn1. The predicted molar refractivity (Wildman–Crippen MR) is 70.2 cm³/mol. The zero-order chi connectivity index (χ0) is 11.4. The monoisotopic (exact) mass is 276 g/mol. The molecule has 16 heavy (non-hydrogen) atoms. The summed E-state index contributed by atoms with van der Waals surface area (Å²) in [6.45, 7) is 0. The largest absolute Gasteiger partial charge is 0.384 e. The molecule has 0 saturated heterocycles. The summed E-state index contributed by atoms with van der Waals surface area (Å²) < 4.78 is 1.16. The van der Waals surface area contributed by atoms with Gasteiger partial charge in [-0.3, -0.25) is 0 Å². The Balaban J connectivity index is 2.05. The molecule has 2 aromatic rings. The van der Waals surface area contributed by atoms with E-state index in [1.54, 1.807) is 6.20 Å². The number of hydrogen-bond acceptors (Lipinski definition) is 2. The van der Waals surface area contributed by atoms with Crippen LogP contribution in [0.2, 0.25) is 0 Å². The maximum Gasteiger partial charge on any atom is 0.123 e. The highest BCUT2D eigenvalue weighted by molar-refractivity contribution is 9.10. The number of nitrogen functional groups attached to an aromatic ring is 1. The minimum absolute atomic E-state index is 0.588. The number of halogens is 1. The number of nitrogens with zero attached hydrogens (tertiary/aromatic N) is 1. The fraction of sp³-hybridized carbons (Fsp3) is 0.154. The van der Waals surface area contributed by atoms with Crippen LogP contribution in [0.25, 0.3) is 0 Å². The first-order valence-corrected chi connectivity index (χ1v) is 5.99. The summed E-state index contributed by atoms with van der Waals surface area (Å²) in [5, 5.41) is 0. The van der Waals surface area contributed by atoms with Crippen LogP contribution >= 0.6 is 15.9 Å². The Morgan fingerprint density at radius 3 is 2.69 bits per heavy atom. The van der Waals surface area contributed by atoms with Gasteiger partial charge in [-0.05, 0) is 42.2 Å². The van der Waals surface area contributed by atoms with Crippen molar-refractivity contribution in [3.05, 3.63) is 58.2 Å². The van der Waals surface area contributed by atoms with Crippen LogP contribution in [0.1, 0.15) is 11.1 Å². The molecule has 0 radical (unpaired) electrons. The normalized spacial score (nSPS) is 10.3. The summed E-state index contributed by atoms with van der Waals surface area (Å²) in [5.41, 5.74) is 8.18. The third kappa shape index (κ3) is 2.83. The van der Waals surface area contributed by atoms with Crippen LogP contribution in [0.3, 0.4) is 0 Å². The summed E-state index contributed by atoms with van der Waals surface area (Å²) in [7, 11) is 0. The molecule has 1 aromatic heterocycles. The molecule has 0 atom stereocenters. The van der Waals surface area contributed by atoms with Gasteiger partial charge in [0.15, 0.2) is 0 Å². The van der Waals surface area contributed by atoms with Crippen molar-refractivity contribution in [3.8, 4) is 0 Å². The van der Waals surface area contributed by atoms with E-state index in [1.165, 1.54) is 11.1 Å². The average Bonchev–Trinajstić information content (AvgIpc) is 2.28. The summed E-state index contributed by atoms with van der Waals surface area (Å²) in [5.74, 6) is 0.588. The number of nitrogens with two attached hydrogens (primary N) is 1. The van der Waals surface area contributed by atoms with Crippen molar-refractivity contribution in [1.82, 2.24) is 4.98 Å². The highest BCUT2D eigenvalue weighted by Gasteiger charge is 2.00. The van der Waals surface area contributed by atoms with Gasteiger partial charge in [-0.25, -0.2) is 4.98 Å². The molecule has 0 saturated carbocycles. The van der Waals surface area contributed by atoms with Gasteiger partial charge in [0.25, 0.3) is 0 Å². The topological polar surface area (TPSA) is 38.9 Å². The molecule has 2 N–H and O–H groups in total. The third-order valence-electron chi connectivity index (χ3n) is 2.49. The first-order valence-electron chi connectivity index (χ1n) is 5.19. The molecule has 0 fully saturated rings. The molecule has 0 amide bonds. The summed E-state index contributed by atoms with van der Waals surface area (Å²) >= 11 is 3.55. The predicted octanol–water partition coefficient (Wildman–Crippen LogP) is 3.21. The lowest BCUT2D eigenvalue weighted by molar-refractivity contribution is 0.951. The Labute approximate surface area is 104 Å². The van der Waals surface area contributed by atoms with E-state index in [4.69, 9.17) is 5.73 Å². The smallest absolute Gasteiger partial charge is 0.123 e. The van der Waals surface area contributed by atoms with Gasteiger partial charge in [-0.1, -0.05) is 34.1 Å². The van der Waals surface area contributed by atoms with E-state index in [-0.39, 0.29) is 0 Å². The lowest BCUT2D eigenvalue weighted by Gasteiger charge is -2.04. The second kappa shape index (κ2) is 5.12. The van der Waals surface area contributed by atoms with E-state index in [0.29, 0.717) is 5.82 Å². The minimum Gasteiger partial charge on any atom is -0.384 e. The van der Waals surface area contributed by atoms with E-state index in [0.717, 1.165) is 17.3 Å². The number of rotatable bonds is 3. The van der Waals surface area contributed by atoms with E-state index < -0.39 is 0 Å². The molecular weight excluding hydrogens is 264 g/mol. The Morgan fingerprint density at radius 1 is 1.12 bits per heavy atom. The number of pyridine rings is 1. The van der Waals surface area contributed by atoms with Crippen molar-refractivity contribution < 1.29 is 0 Å². The molecule has 2 rings (SSSR count). The fourth-order valence-corrected chi connectivity index (χ4v) is 2.11. The zero-order valence-corrected chi connectivity index (χ0v) is 10.4. The van der Waals surface area contributed by atoms with Crippen LogP contribution in [0, 0.1) is 0 Å². The number of anilines is 1. The van der Waals surface area contributed by atoms with Gasteiger partial charge in [0, 0.05) is 10.7 Å². The molecule has 0 unspecified atom stereocenters. The molecule has 0 aliphatic carbocycles. The molecule has 1 heterocycles. The molecular formula is C13H13BrN2. The first kappa shape index (κ1) is 11.1. The van der Waals surface area contributed by atoms with Crippen molar-refractivity contribution >= 4 is 21.7 Å². The second-order valence-corrected chi connectivity index (χ2v) is 4.53. The zero-order valence-electron chi connectivity index (χ0n) is 8.86. The van der Waals surface area contributed by atoms with Gasteiger partial charge in [0.2, 0.25) is 0 Å². The minimum atomic E-state index is 0.588. The van der Waals surface area contributed by atoms with Gasteiger partial charge in [-0.15, -0.1) is 0 Å². The average molecular weight is 277 g/mol. The number of aryl methyl sites for hydroxylation is 2. The van der Waals surface area contributed by atoms with E-state index in [1.807, 2.05) is 18.2 Å². The highest BCUT2D eigenvalue weighted by atomic mass is 79.9. The molecule has 0 aliphatic heterocycles. The Hall–Kier alpha value is -1.35. The summed E-state index contributed by atoms with van der Waals surface area (Å²) in [4.78, 5) is 3.98. The summed E-state index contributed by atoms with van der Waals surface area (Å²) in [6, 6.07) is 12.2. The molecule has 2 nitrogen and oxygen atoms in total. The maximum absolute atomic E-state index is 5.64. The Bertz CT molecular complexity index is 483.